The second-order valence-electron chi connectivity index (χ2n) is 8.59. The fourth-order valence-corrected chi connectivity index (χ4v) is 3.98. The van der Waals surface area contributed by atoms with E-state index in [1.807, 2.05) is 39.0 Å². The predicted molar refractivity (Wildman–Crippen MR) is 107 cm³/mol. The van der Waals surface area contributed by atoms with Crippen LogP contribution in [0.5, 0.6) is 0 Å². The number of aryl methyl sites for hydroxylation is 1. The van der Waals surface area contributed by atoms with Crippen molar-refractivity contribution in [3.63, 3.8) is 0 Å². The van der Waals surface area contributed by atoms with E-state index in [0.717, 1.165) is 5.56 Å². The number of benzene rings is 2. The zero-order valence-corrected chi connectivity index (χ0v) is 16.6. The van der Waals surface area contributed by atoms with Gasteiger partial charge in [0.1, 0.15) is 0 Å². The quantitative estimate of drug-likeness (QED) is 0.630. The average molecular weight is 378 g/mol. The molecular formula is C24H26O4. The van der Waals surface area contributed by atoms with E-state index in [9.17, 15) is 19.5 Å². The normalized spacial score (nSPS) is 19.3. The first-order valence-electron chi connectivity index (χ1n) is 9.57. The third-order valence-corrected chi connectivity index (χ3v) is 5.60. The molecule has 1 atom stereocenters. The van der Waals surface area contributed by atoms with Crippen molar-refractivity contribution in [3.8, 4) is 0 Å². The van der Waals surface area contributed by atoms with E-state index < -0.39 is 28.5 Å². The Kier molecular flexibility index (Phi) is 5.35. The van der Waals surface area contributed by atoms with Gasteiger partial charge in [0.05, 0.1) is 0 Å². The molecule has 2 aromatic rings. The molecule has 0 bridgehead atoms. The van der Waals surface area contributed by atoms with Crippen molar-refractivity contribution in [1.29, 1.82) is 0 Å². The lowest BCUT2D eigenvalue weighted by Gasteiger charge is -2.41. The minimum absolute atomic E-state index is 0.108. The average Bonchev–Trinajstić information content (AvgIpc) is 2.65. The molecule has 0 radical (unpaired) electrons. The maximum absolute atomic E-state index is 13.0. The van der Waals surface area contributed by atoms with E-state index in [1.165, 1.54) is 0 Å². The minimum atomic E-state index is -2.17. The smallest absolute Gasteiger partial charge is 0.188 e. The monoisotopic (exact) mass is 378 g/mol. The molecule has 0 aliphatic heterocycles. The van der Waals surface area contributed by atoms with Crippen molar-refractivity contribution < 1.29 is 19.5 Å². The van der Waals surface area contributed by atoms with Crippen molar-refractivity contribution >= 4 is 17.3 Å². The van der Waals surface area contributed by atoms with Crippen LogP contribution >= 0.6 is 0 Å². The molecule has 1 saturated carbocycles. The Morgan fingerprint density at radius 2 is 1.50 bits per heavy atom. The minimum Gasteiger partial charge on any atom is -0.374 e. The summed E-state index contributed by atoms with van der Waals surface area (Å²) in [5.74, 6) is -2.11. The van der Waals surface area contributed by atoms with Gasteiger partial charge in [-0.2, -0.15) is 0 Å². The highest BCUT2D eigenvalue weighted by atomic mass is 16.3. The van der Waals surface area contributed by atoms with E-state index in [0.29, 0.717) is 11.1 Å². The standard InChI is InChI=1S/C24H26O4/c1-16-9-11-17(12-10-16)19(13-20(25)18-7-5-4-6-8-18)24(28)21(26)14-23(2,3)15-22(24)27/h4-12,19,28H,13-15H2,1-3H3. The first-order chi connectivity index (χ1) is 13.1. The van der Waals surface area contributed by atoms with Gasteiger partial charge in [-0.3, -0.25) is 14.4 Å². The molecule has 3 rings (SSSR count). The number of carbonyl (C=O) groups is 3. The highest BCUT2D eigenvalue weighted by molar-refractivity contribution is 6.14. The first kappa shape index (κ1) is 20.2. The third kappa shape index (κ3) is 3.83. The number of hydrogen-bond acceptors (Lipinski definition) is 4. The number of rotatable bonds is 5. The van der Waals surface area contributed by atoms with Crippen molar-refractivity contribution in [2.45, 2.75) is 51.6 Å². The molecule has 1 N–H and O–H groups in total. The fourth-order valence-electron chi connectivity index (χ4n) is 3.98. The van der Waals surface area contributed by atoms with Crippen LogP contribution in [0.3, 0.4) is 0 Å². The number of hydrogen-bond donors (Lipinski definition) is 1. The molecule has 0 aromatic heterocycles. The van der Waals surface area contributed by atoms with Crippen LogP contribution in [0.1, 0.15) is 60.5 Å². The summed E-state index contributed by atoms with van der Waals surface area (Å²) >= 11 is 0. The lowest BCUT2D eigenvalue weighted by atomic mass is 9.63. The topological polar surface area (TPSA) is 71.4 Å². The molecule has 1 aliphatic carbocycles. The van der Waals surface area contributed by atoms with Crippen molar-refractivity contribution in [2.24, 2.45) is 5.41 Å². The number of carbonyl (C=O) groups excluding carboxylic acids is 3. The van der Waals surface area contributed by atoms with E-state index in [2.05, 4.69) is 0 Å². The van der Waals surface area contributed by atoms with E-state index in [4.69, 9.17) is 0 Å². The Bertz CT molecular complexity index is 874. The van der Waals surface area contributed by atoms with Gasteiger partial charge in [0.25, 0.3) is 0 Å². The highest BCUT2D eigenvalue weighted by Crippen LogP contribution is 2.44. The van der Waals surface area contributed by atoms with Crippen LogP contribution < -0.4 is 0 Å². The molecule has 1 fully saturated rings. The molecule has 4 heteroatoms. The fraction of sp³-hybridized carbons (Fsp3) is 0.375. The summed E-state index contributed by atoms with van der Waals surface area (Å²) < 4.78 is 0. The van der Waals surface area contributed by atoms with Gasteiger partial charge in [0.2, 0.25) is 0 Å². The molecule has 2 aromatic carbocycles. The Balaban J connectivity index is 2.03. The molecule has 1 unspecified atom stereocenters. The summed E-state index contributed by atoms with van der Waals surface area (Å²) in [7, 11) is 0. The van der Waals surface area contributed by atoms with Crippen LogP contribution in [-0.2, 0) is 9.59 Å². The van der Waals surface area contributed by atoms with E-state index in [1.54, 1.807) is 36.4 Å². The third-order valence-electron chi connectivity index (χ3n) is 5.60. The maximum atomic E-state index is 13.0. The van der Waals surface area contributed by atoms with Gasteiger partial charge in [0.15, 0.2) is 23.0 Å². The summed E-state index contributed by atoms with van der Waals surface area (Å²) in [6.07, 6.45) is 0.107. The van der Waals surface area contributed by atoms with Gasteiger partial charge in [-0.05, 0) is 17.9 Å². The molecule has 146 valence electrons. The molecule has 0 heterocycles. The van der Waals surface area contributed by atoms with Crippen molar-refractivity contribution in [3.05, 3.63) is 71.3 Å². The van der Waals surface area contributed by atoms with Gasteiger partial charge < -0.3 is 5.11 Å². The molecule has 4 nitrogen and oxygen atoms in total. The Morgan fingerprint density at radius 3 is 2.04 bits per heavy atom. The van der Waals surface area contributed by atoms with Crippen molar-refractivity contribution in [2.75, 3.05) is 0 Å². The van der Waals surface area contributed by atoms with Gasteiger partial charge in [-0.15, -0.1) is 0 Å². The molecule has 28 heavy (non-hydrogen) atoms. The summed E-state index contributed by atoms with van der Waals surface area (Å²) in [5.41, 5.74) is -0.513. The van der Waals surface area contributed by atoms with Crippen molar-refractivity contribution in [1.82, 2.24) is 0 Å². The first-order valence-corrected chi connectivity index (χ1v) is 9.57. The molecule has 0 saturated heterocycles. The number of Topliss-reactive ketones (excluding diaryl/α,β-unsaturated/α-hetero) is 3. The SMILES string of the molecule is Cc1ccc(C(CC(=O)c2ccccc2)C2(O)C(=O)CC(C)(C)CC2=O)cc1. The summed E-state index contributed by atoms with van der Waals surface area (Å²) in [6, 6.07) is 16.1. The summed E-state index contributed by atoms with van der Waals surface area (Å²) in [5, 5.41) is 11.4. The molecule has 0 amide bonds. The second-order valence-corrected chi connectivity index (χ2v) is 8.59. The van der Waals surface area contributed by atoms with Gasteiger partial charge in [0, 0.05) is 30.7 Å². The van der Waals surface area contributed by atoms with Crippen LogP contribution in [0.25, 0.3) is 0 Å². The Hall–Kier alpha value is -2.59. The van der Waals surface area contributed by atoms with Gasteiger partial charge >= 0.3 is 0 Å². The summed E-state index contributed by atoms with van der Waals surface area (Å²) in [4.78, 5) is 38.8. The molecule has 0 spiro atoms. The number of ketones is 3. The largest absolute Gasteiger partial charge is 0.374 e. The van der Waals surface area contributed by atoms with Crippen LogP contribution in [0.15, 0.2) is 54.6 Å². The van der Waals surface area contributed by atoms with Crippen LogP contribution in [0, 0.1) is 12.3 Å². The van der Waals surface area contributed by atoms with Crippen LogP contribution in [0.2, 0.25) is 0 Å². The zero-order chi connectivity index (χ0) is 20.5. The van der Waals surface area contributed by atoms with E-state index >= 15 is 0 Å². The molecule has 1 aliphatic rings. The van der Waals surface area contributed by atoms with Crippen LogP contribution in [0.4, 0.5) is 0 Å². The second kappa shape index (κ2) is 7.44. The lowest BCUT2D eigenvalue weighted by molar-refractivity contribution is -0.161. The Labute approximate surface area is 165 Å². The number of aliphatic hydroxyl groups is 1. The van der Waals surface area contributed by atoms with Gasteiger partial charge in [-0.1, -0.05) is 74.0 Å². The predicted octanol–water partition coefficient (Wildman–Crippen LogP) is 4.04. The maximum Gasteiger partial charge on any atom is 0.188 e. The Morgan fingerprint density at radius 1 is 0.964 bits per heavy atom. The zero-order valence-electron chi connectivity index (χ0n) is 16.6. The van der Waals surface area contributed by atoms with Crippen LogP contribution in [-0.4, -0.2) is 28.1 Å². The van der Waals surface area contributed by atoms with E-state index in [-0.39, 0.29) is 25.0 Å². The highest BCUT2D eigenvalue weighted by Gasteiger charge is 2.55. The molecular weight excluding hydrogens is 352 g/mol. The lowest BCUT2D eigenvalue weighted by Crippen LogP contribution is -2.57. The van der Waals surface area contributed by atoms with Gasteiger partial charge in [-0.25, -0.2) is 0 Å². The summed E-state index contributed by atoms with van der Waals surface area (Å²) in [6.45, 7) is 5.62.